The Hall–Kier alpha value is -2.37. The van der Waals surface area contributed by atoms with E-state index < -0.39 is 0 Å². The maximum Gasteiger partial charge on any atom is 0.274 e. The number of piperidine rings is 1. The normalized spacial score (nSPS) is 22.1. The predicted molar refractivity (Wildman–Crippen MR) is 96.9 cm³/mol. The summed E-state index contributed by atoms with van der Waals surface area (Å²) in [5, 5.41) is 3.29. The van der Waals surface area contributed by atoms with Crippen molar-refractivity contribution < 1.29 is 6.22 Å². The van der Waals surface area contributed by atoms with Crippen molar-refractivity contribution in [2.45, 2.75) is 26.7 Å². The van der Waals surface area contributed by atoms with Crippen LogP contribution in [-0.4, -0.2) is 45.8 Å². The van der Waals surface area contributed by atoms with Crippen LogP contribution in [0.1, 0.15) is 38.6 Å². The van der Waals surface area contributed by atoms with Crippen molar-refractivity contribution in [3.05, 3.63) is 41.6 Å². The Kier molecular flexibility index (Phi) is 4.83. The Bertz CT molecular complexity index is 711. The number of amides is 1. The molecule has 1 N–H and O–H groups in total. The first-order chi connectivity index (χ1) is 11.6. The molecule has 1 amide bonds. The maximum atomic E-state index is 12.5. The number of nitrogens with zero attached hydrogens (tertiary/aromatic N) is 4. The van der Waals surface area contributed by atoms with Gasteiger partial charge in [-0.1, -0.05) is 6.08 Å². The smallest absolute Gasteiger partial charge is 0.274 e. The van der Waals surface area contributed by atoms with Crippen LogP contribution in [0.5, 0.6) is 0 Å². The number of allylic oxidation sites excluding steroid dienone is 1. The van der Waals surface area contributed by atoms with Crippen molar-refractivity contribution in [2.75, 3.05) is 19.6 Å². The molecule has 0 unspecified atom stereocenters. The summed E-state index contributed by atoms with van der Waals surface area (Å²) in [6.45, 7) is 6.42. The van der Waals surface area contributed by atoms with E-state index in [1.165, 1.54) is 11.1 Å². The molecule has 1 fully saturated rings. The average Bonchev–Trinajstić information content (AvgIpc) is 3.21. The zero-order chi connectivity index (χ0) is 17.1. The van der Waals surface area contributed by atoms with Gasteiger partial charge in [0.2, 0.25) is 0 Å². The summed E-state index contributed by atoms with van der Waals surface area (Å²) in [5.41, 5.74) is 3.07. The van der Waals surface area contributed by atoms with Gasteiger partial charge < -0.3 is 14.8 Å². The zero-order valence-corrected chi connectivity index (χ0v) is 14.6. The van der Waals surface area contributed by atoms with Crippen LogP contribution in [0.25, 0.3) is 0 Å². The summed E-state index contributed by atoms with van der Waals surface area (Å²) in [7, 11) is 1.88. The first-order valence-electron chi connectivity index (χ1n) is 8.59. The fraction of sp³-hybridized carbons (Fsp3) is 0.500. The molecule has 6 heteroatoms. The number of aryl methyl sites for hydroxylation is 1. The highest BCUT2D eigenvalue weighted by molar-refractivity contribution is 6.05. The molecule has 0 atom stereocenters. The van der Waals surface area contributed by atoms with E-state index in [4.69, 9.17) is 0 Å². The number of imidazole rings is 1. The summed E-state index contributed by atoms with van der Waals surface area (Å²) >= 11 is 0. The van der Waals surface area contributed by atoms with E-state index in [1.54, 1.807) is 12.5 Å². The van der Waals surface area contributed by atoms with E-state index in [9.17, 15) is 4.79 Å². The van der Waals surface area contributed by atoms with Crippen molar-refractivity contribution in [1.29, 1.82) is 0 Å². The predicted octanol–water partition coefficient (Wildman–Crippen LogP) is 2.37. The van der Waals surface area contributed by atoms with Gasteiger partial charge in [0.25, 0.3) is 5.91 Å². The lowest BCUT2D eigenvalue weighted by atomic mass is 9.86. The largest absolute Gasteiger partial charge is 0.346 e. The molecule has 3 rings (SSSR count). The summed E-state index contributed by atoms with van der Waals surface area (Å²) in [6, 6.07) is 0. The molecule has 0 aliphatic carbocycles. The van der Waals surface area contributed by atoms with Crippen molar-refractivity contribution in [1.82, 2.24) is 19.8 Å². The van der Waals surface area contributed by atoms with Crippen LogP contribution in [-0.2, 0) is 7.05 Å². The summed E-state index contributed by atoms with van der Waals surface area (Å²) < 4.78 is 1.81. The van der Waals surface area contributed by atoms with Gasteiger partial charge in [0.1, 0.15) is 11.5 Å². The number of hydrogen-bond acceptors (Lipinski definition) is 3. The van der Waals surface area contributed by atoms with Crippen molar-refractivity contribution in [3.63, 3.8) is 0 Å². The van der Waals surface area contributed by atoms with Crippen LogP contribution in [0, 0.1) is 5.92 Å². The van der Waals surface area contributed by atoms with Gasteiger partial charge in [0, 0.05) is 46.1 Å². The van der Waals surface area contributed by atoms with Crippen molar-refractivity contribution in [3.8, 4) is 0 Å². The number of hydrogen-bond donors (Lipinski definition) is 1. The molecule has 1 aromatic rings. The van der Waals surface area contributed by atoms with Gasteiger partial charge in [0.05, 0.1) is 6.33 Å². The lowest BCUT2D eigenvalue weighted by Gasteiger charge is -2.32. The quantitative estimate of drug-likeness (QED) is 0.926. The number of amidine groups is 1. The Balaban J connectivity index is 0.00000225. The fourth-order valence-electron chi connectivity index (χ4n) is 3.45. The highest BCUT2D eigenvalue weighted by atomic mass is 16.2. The van der Waals surface area contributed by atoms with Gasteiger partial charge in [-0.15, -0.1) is 0 Å². The van der Waals surface area contributed by atoms with Gasteiger partial charge in [-0.05, 0) is 38.2 Å². The SMILES string of the molecule is C/C=C1/C(C2CCN(C(=O)c3cn(C)cn3)CC2)=CNC1=NCC.[HH]. The minimum Gasteiger partial charge on any atom is -0.346 e. The molecule has 130 valence electrons. The number of nitrogens with one attached hydrogen (secondary N) is 1. The topological polar surface area (TPSA) is 62.5 Å². The van der Waals surface area contributed by atoms with E-state index in [-0.39, 0.29) is 7.33 Å². The molecule has 0 saturated carbocycles. The third-order valence-electron chi connectivity index (χ3n) is 4.68. The molecule has 0 aromatic carbocycles. The molecule has 3 heterocycles. The molecular weight excluding hydrogens is 302 g/mol. The van der Waals surface area contributed by atoms with Crippen molar-refractivity contribution >= 4 is 11.7 Å². The van der Waals surface area contributed by atoms with E-state index in [1.807, 2.05) is 23.4 Å². The van der Waals surface area contributed by atoms with E-state index in [0.29, 0.717) is 11.6 Å². The molecule has 24 heavy (non-hydrogen) atoms. The second kappa shape index (κ2) is 7.03. The first kappa shape index (κ1) is 16.5. The van der Waals surface area contributed by atoms with Crippen LogP contribution in [0.2, 0.25) is 0 Å². The highest BCUT2D eigenvalue weighted by Crippen LogP contribution is 2.32. The third kappa shape index (κ3) is 3.13. The molecular formula is C18H27N5O. The van der Waals surface area contributed by atoms with Crippen LogP contribution in [0.3, 0.4) is 0 Å². The minimum atomic E-state index is 0. The van der Waals surface area contributed by atoms with Crippen LogP contribution < -0.4 is 5.32 Å². The van der Waals surface area contributed by atoms with E-state index in [0.717, 1.165) is 38.3 Å². The Morgan fingerprint density at radius 2 is 2.25 bits per heavy atom. The third-order valence-corrected chi connectivity index (χ3v) is 4.68. The molecule has 0 bridgehead atoms. The molecule has 6 nitrogen and oxygen atoms in total. The minimum absolute atomic E-state index is 0. The number of aliphatic imine (C=N–C) groups is 1. The summed E-state index contributed by atoms with van der Waals surface area (Å²) in [5.74, 6) is 1.48. The summed E-state index contributed by atoms with van der Waals surface area (Å²) in [4.78, 5) is 23.1. The molecule has 2 aliphatic rings. The van der Waals surface area contributed by atoms with Gasteiger partial charge in [-0.25, -0.2) is 4.98 Å². The first-order valence-corrected chi connectivity index (χ1v) is 8.59. The fourth-order valence-corrected chi connectivity index (χ4v) is 3.45. The second-order valence-corrected chi connectivity index (χ2v) is 6.26. The Morgan fingerprint density at radius 3 is 2.83 bits per heavy atom. The van der Waals surface area contributed by atoms with Gasteiger partial charge in [-0.2, -0.15) is 0 Å². The number of carbonyl (C=O) groups excluding carboxylic acids is 1. The molecule has 1 saturated heterocycles. The van der Waals surface area contributed by atoms with Crippen molar-refractivity contribution in [2.24, 2.45) is 18.0 Å². The Morgan fingerprint density at radius 1 is 1.50 bits per heavy atom. The zero-order valence-electron chi connectivity index (χ0n) is 14.6. The average molecular weight is 329 g/mol. The molecule has 0 radical (unpaired) electrons. The molecule has 0 spiro atoms. The Labute approximate surface area is 144 Å². The van der Waals surface area contributed by atoms with Crippen LogP contribution in [0.4, 0.5) is 0 Å². The van der Waals surface area contributed by atoms with Gasteiger partial charge >= 0.3 is 0 Å². The summed E-state index contributed by atoms with van der Waals surface area (Å²) in [6.07, 6.45) is 9.62. The highest BCUT2D eigenvalue weighted by Gasteiger charge is 2.30. The lowest BCUT2D eigenvalue weighted by Crippen LogP contribution is -2.39. The number of carbonyl (C=O) groups is 1. The molecule has 2 aliphatic heterocycles. The monoisotopic (exact) mass is 329 g/mol. The second-order valence-electron chi connectivity index (χ2n) is 6.26. The molecule has 1 aromatic heterocycles. The van der Waals surface area contributed by atoms with E-state index in [2.05, 4.69) is 34.5 Å². The standard InChI is InChI=1S/C18H25N5O.H2/c1-4-14-15(10-20-17(14)19-5-2)13-6-8-23(9-7-13)18(24)16-11-22(3)12-21-16;/h4,10-13H,5-9H2,1-3H3,(H,19,20);1H/b14-4-;. The number of aromatic nitrogens is 2. The maximum absolute atomic E-state index is 12.5. The van der Waals surface area contributed by atoms with Gasteiger partial charge in [-0.3, -0.25) is 9.79 Å². The lowest BCUT2D eigenvalue weighted by molar-refractivity contribution is 0.0697. The van der Waals surface area contributed by atoms with Crippen LogP contribution in [0.15, 0.2) is 40.9 Å². The van der Waals surface area contributed by atoms with Gasteiger partial charge in [0.15, 0.2) is 0 Å². The van der Waals surface area contributed by atoms with E-state index >= 15 is 0 Å². The number of likely N-dealkylation sites (tertiary alicyclic amines) is 1. The van der Waals surface area contributed by atoms with Crippen LogP contribution >= 0.6 is 0 Å². The number of rotatable bonds is 3.